The molecule has 1 N–H and O–H groups in total. The van der Waals surface area contributed by atoms with E-state index in [0.29, 0.717) is 0 Å². The van der Waals surface area contributed by atoms with Crippen LogP contribution in [0.15, 0.2) is 229 Å². The number of para-hydroxylation sites is 2. The van der Waals surface area contributed by atoms with E-state index in [2.05, 4.69) is 242 Å². The van der Waals surface area contributed by atoms with Crippen molar-refractivity contribution in [2.45, 2.75) is 17.7 Å². The van der Waals surface area contributed by atoms with Crippen molar-refractivity contribution in [3.8, 4) is 56.0 Å². The van der Waals surface area contributed by atoms with Gasteiger partial charge < -0.3 is 9.64 Å². The fourth-order valence-corrected chi connectivity index (χ4v) is 10.4. The van der Waals surface area contributed by atoms with Crippen molar-refractivity contribution in [2.75, 3.05) is 7.05 Å². The number of hydrogen-bond donors (Lipinski definition) is 1. The SMILES string of the molecule is CN1C(c2cccc(-c3ccccc3)c2)=NC(c2cccc(-c3ccccc3)c2)NC1c1ccccc1-c1cccc2c1Oc1ccccc1C21c2ccccc2-c2ccccc21. The van der Waals surface area contributed by atoms with Gasteiger partial charge in [0.15, 0.2) is 0 Å². The van der Waals surface area contributed by atoms with E-state index in [9.17, 15) is 0 Å². The molecule has 4 heteroatoms. The Hall–Kier alpha value is -7.79. The lowest BCUT2D eigenvalue weighted by molar-refractivity contribution is 0.258. The minimum atomic E-state index is -0.555. The quantitative estimate of drug-likeness (QED) is 0.182. The van der Waals surface area contributed by atoms with Crippen LogP contribution in [0.25, 0.3) is 44.5 Å². The maximum absolute atomic E-state index is 7.18. The van der Waals surface area contributed by atoms with Crippen LogP contribution in [0.2, 0.25) is 0 Å². The van der Waals surface area contributed by atoms with Crippen LogP contribution in [0, 0.1) is 0 Å². The molecule has 9 aromatic rings. The van der Waals surface area contributed by atoms with Gasteiger partial charge in [0, 0.05) is 29.3 Å². The van der Waals surface area contributed by atoms with Crippen molar-refractivity contribution in [2.24, 2.45) is 4.99 Å². The second-order valence-corrected chi connectivity index (χ2v) is 16.7. The molecule has 12 rings (SSSR count). The average Bonchev–Trinajstić information content (AvgIpc) is 3.65. The highest BCUT2D eigenvalue weighted by Crippen LogP contribution is 2.63. The number of nitrogens with one attached hydrogen (secondary N) is 1. The highest BCUT2D eigenvalue weighted by Gasteiger charge is 2.51. The molecule has 3 aliphatic rings. The first kappa shape index (κ1) is 37.0. The lowest BCUT2D eigenvalue weighted by Gasteiger charge is -2.41. The summed E-state index contributed by atoms with van der Waals surface area (Å²) in [6, 6.07) is 80.7. The third-order valence-electron chi connectivity index (χ3n) is 13.2. The molecule has 0 bridgehead atoms. The van der Waals surface area contributed by atoms with Crippen LogP contribution in [0.3, 0.4) is 0 Å². The molecule has 2 aliphatic heterocycles. The number of fused-ring (bicyclic) bond motifs is 9. The van der Waals surface area contributed by atoms with Gasteiger partial charge in [-0.25, -0.2) is 4.99 Å². The molecule has 1 spiro atoms. The topological polar surface area (TPSA) is 36.9 Å². The Bertz CT molecular complexity index is 3180. The molecule has 2 atom stereocenters. The van der Waals surface area contributed by atoms with Crippen LogP contribution < -0.4 is 10.1 Å². The molecule has 63 heavy (non-hydrogen) atoms. The first-order chi connectivity index (χ1) is 31.2. The summed E-state index contributed by atoms with van der Waals surface area (Å²) in [7, 11) is 2.16. The van der Waals surface area contributed by atoms with Gasteiger partial charge in [-0.2, -0.15) is 0 Å². The number of rotatable bonds is 6. The Morgan fingerprint density at radius 1 is 0.444 bits per heavy atom. The summed E-state index contributed by atoms with van der Waals surface area (Å²) in [6.45, 7) is 0. The predicted octanol–water partition coefficient (Wildman–Crippen LogP) is 13.8. The van der Waals surface area contributed by atoms with Crippen LogP contribution in [0.4, 0.5) is 0 Å². The normalized spacial score (nSPS) is 16.6. The monoisotopic (exact) mass is 809 g/mol. The molecular formula is C59H43N3O. The fraction of sp³-hybridized carbons (Fsp3) is 0.0678. The Labute approximate surface area is 368 Å². The number of hydrogen-bond acceptors (Lipinski definition) is 4. The molecule has 2 unspecified atom stereocenters. The predicted molar refractivity (Wildman–Crippen MR) is 256 cm³/mol. The zero-order valence-corrected chi connectivity index (χ0v) is 34.8. The highest BCUT2D eigenvalue weighted by molar-refractivity contribution is 6.01. The summed E-state index contributed by atoms with van der Waals surface area (Å²) in [6.07, 6.45) is -0.589. The van der Waals surface area contributed by atoms with Crippen molar-refractivity contribution in [1.29, 1.82) is 0 Å². The zero-order chi connectivity index (χ0) is 41.9. The number of aliphatic imine (C=N–C) groups is 1. The lowest BCUT2D eigenvalue weighted by Crippen LogP contribution is -2.46. The third-order valence-corrected chi connectivity index (χ3v) is 13.2. The van der Waals surface area contributed by atoms with Crippen molar-refractivity contribution in [1.82, 2.24) is 10.2 Å². The Balaban J connectivity index is 1.03. The van der Waals surface area contributed by atoms with E-state index in [0.717, 1.165) is 67.4 Å². The highest BCUT2D eigenvalue weighted by atomic mass is 16.5. The molecule has 0 saturated carbocycles. The molecular weight excluding hydrogens is 767 g/mol. The molecule has 9 aromatic carbocycles. The standard InChI is InChI=1S/C59H43N3O/c1-62-57(44-26-17-24-42(38-44)40-21-6-3-7-22-40)60-56(43-25-16-23-41(37-43)39-19-4-2-5-20-39)61-58(62)49-30-9-8-27-45(49)48-31-18-35-53-55(48)63-54-36-15-14-34-52(54)59(53)50-32-12-10-28-46(50)47-29-11-13-33-51(47)59/h2-38,56,58,61H,1H3. The van der Waals surface area contributed by atoms with Gasteiger partial charge in [-0.15, -0.1) is 0 Å². The van der Waals surface area contributed by atoms with Crippen molar-refractivity contribution >= 4 is 5.84 Å². The van der Waals surface area contributed by atoms with Gasteiger partial charge in [-0.05, 0) is 79.4 Å². The maximum Gasteiger partial charge on any atom is 0.140 e. The Morgan fingerprint density at radius 3 is 1.67 bits per heavy atom. The summed E-state index contributed by atoms with van der Waals surface area (Å²) in [5, 5.41) is 4.04. The smallest absolute Gasteiger partial charge is 0.140 e. The molecule has 0 fully saturated rings. The Morgan fingerprint density at radius 2 is 0.952 bits per heavy atom. The molecule has 0 amide bonds. The number of ether oxygens (including phenoxy) is 1. The molecule has 2 heterocycles. The third kappa shape index (κ3) is 5.90. The van der Waals surface area contributed by atoms with Crippen LogP contribution in [0.5, 0.6) is 11.5 Å². The lowest BCUT2D eigenvalue weighted by atomic mass is 9.65. The Kier molecular flexibility index (Phi) is 8.80. The first-order valence-corrected chi connectivity index (χ1v) is 21.7. The van der Waals surface area contributed by atoms with E-state index in [-0.39, 0.29) is 12.3 Å². The summed E-state index contributed by atoms with van der Waals surface area (Å²) < 4.78 is 7.18. The van der Waals surface area contributed by atoms with Crippen LogP contribution in [0.1, 0.15) is 51.3 Å². The van der Waals surface area contributed by atoms with Gasteiger partial charge in [-0.3, -0.25) is 5.32 Å². The summed E-state index contributed by atoms with van der Waals surface area (Å²) in [5.41, 5.74) is 16.9. The van der Waals surface area contributed by atoms with E-state index < -0.39 is 5.41 Å². The molecule has 1 aliphatic carbocycles. The molecule has 0 radical (unpaired) electrons. The molecule has 0 saturated heterocycles. The van der Waals surface area contributed by atoms with Gasteiger partial charge in [0.1, 0.15) is 29.7 Å². The van der Waals surface area contributed by atoms with Crippen molar-refractivity contribution in [3.05, 3.63) is 263 Å². The van der Waals surface area contributed by atoms with Gasteiger partial charge in [0.25, 0.3) is 0 Å². The van der Waals surface area contributed by atoms with Crippen LogP contribution >= 0.6 is 0 Å². The minimum Gasteiger partial charge on any atom is -0.456 e. The van der Waals surface area contributed by atoms with E-state index in [1.54, 1.807) is 0 Å². The fourth-order valence-electron chi connectivity index (χ4n) is 10.4. The second kappa shape index (κ2) is 15.0. The van der Waals surface area contributed by atoms with Gasteiger partial charge in [0.2, 0.25) is 0 Å². The summed E-state index contributed by atoms with van der Waals surface area (Å²) in [5.74, 6) is 2.67. The van der Waals surface area contributed by atoms with Crippen molar-refractivity contribution in [3.63, 3.8) is 0 Å². The van der Waals surface area contributed by atoms with Gasteiger partial charge in [-0.1, -0.05) is 206 Å². The minimum absolute atomic E-state index is 0.256. The van der Waals surface area contributed by atoms with Gasteiger partial charge in [0.05, 0.1) is 5.41 Å². The van der Waals surface area contributed by atoms with E-state index in [4.69, 9.17) is 9.73 Å². The second-order valence-electron chi connectivity index (χ2n) is 16.7. The number of nitrogens with zero attached hydrogens (tertiary/aromatic N) is 2. The zero-order valence-electron chi connectivity index (χ0n) is 34.8. The van der Waals surface area contributed by atoms with Crippen LogP contribution in [-0.2, 0) is 5.41 Å². The molecule has 0 aromatic heterocycles. The van der Waals surface area contributed by atoms with Crippen molar-refractivity contribution < 1.29 is 4.74 Å². The maximum atomic E-state index is 7.18. The van der Waals surface area contributed by atoms with Crippen LogP contribution in [-0.4, -0.2) is 17.8 Å². The van der Waals surface area contributed by atoms with E-state index in [1.165, 1.54) is 33.4 Å². The molecule has 300 valence electrons. The summed E-state index contributed by atoms with van der Waals surface area (Å²) >= 11 is 0. The molecule has 4 nitrogen and oxygen atoms in total. The largest absolute Gasteiger partial charge is 0.456 e. The summed E-state index contributed by atoms with van der Waals surface area (Å²) in [4.78, 5) is 7.85. The number of amidine groups is 1. The van der Waals surface area contributed by atoms with E-state index >= 15 is 0 Å². The average molecular weight is 810 g/mol. The van der Waals surface area contributed by atoms with Gasteiger partial charge >= 0.3 is 0 Å². The number of benzene rings is 9. The van der Waals surface area contributed by atoms with E-state index in [1.807, 2.05) is 0 Å². The first-order valence-electron chi connectivity index (χ1n) is 21.7.